The molecule has 0 aliphatic carbocycles. The van der Waals surface area contributed by atoms with Gasteiger partial charge in [-0.2, -0.15) is 57.8 Å². The van der Waals surface area contributed by atoms with Crippen LogP contribution in [0.5, 0.6) is 0 Å². The van der Waals surface area contributed by atoms with Crippen molar-refractivity contribution in [3.8, 4) is 22.7 Å². The van der Waals surface area contributed by atoms with Crippen LogP contribution in [0, 0.1) is 13.5 Å². The van der Waals surface area contributed by atoms with E-state index in [4.69, 9.17) is 6.57 Å². The van der Waals surface area contributed by atoms with E-state index in [1.807, 2.05) is 33.8 Å². The third-order valence-corrected chi connectivity index (χ3v) is 23.5. The maximum atomic E-state index is 13.8. The van der Waals surface area contributed by atoms with Gasteiger partial charge in [0.15, 0.2) is 11.5 Å². The van der Waals surface area contributed by atoms with Crippen molar-refractivity contribution in [1.29, 1.82) is 0 Å². The Balaban J connectivity index is 0.000000127. The fourth-order valence-corrected chi connectivity index (χ4v) is 17.5. The first-order valence-electron chi connectivity index (χ1n) is 42.2. The van der Waals surface area contributed by atoms with E-state index in [-0.39, 0.29) is 42.7 Å². The first kappa shape index (κ1) is 92.0. The number of imidazole rings is 1. The lowest BCUT2D eigenvalue weighted by atomic mass is 10.0. The summed E-state index contributed by atoms with van der Waals surface area (Å²) in [6.07, 6.45) is -5.84. The Morgan fingerprint density at radius 1 is 0.372 bits per heavy atom. The molecule has 13 aromatic heterocycles. The average molecular weight is 1880 g/mol. The summed E-state index contributed by atoms with van der Waals surface area (Å²) in [6, 6.07) is 64.4. The highest BCUT2D eigenvalue weighted by Gasteiger charge is 2.40. The molecular weight excluding hydrogens is 1800 g/mol. The lowest BCUT2D eigenvalue weighted by molar-refractivity contribution is -0.137. The van der Waals surface area contributed by atoms with Crippen LogP contribution >= 0.6 is 11.3 Å². The summed E-state index contributed by atoms with van der Waals surface area (Å²) in [4.78, 5) is 92.5. The molecule has 686 valence electrons. The second-order valence-corrected chi connectivity index (χ2v) is 32.5. The van der Waals surface area contributed by atoms with E-state index >= 15 is 0 Å². The van der Waals surface area contributed by atoms with Crippen molar-refractivity contribution in [2.24, 2.45) is 0 Å². The van der Waals surface area contributed by atoms with Crippen LogP contribution in [0.25, 0.3) is 109 Å². The topological polar surface area (TPSA) is 261 Å². The highest BCUT2D eigenvalue weighted by atomic mass is 32.1. The monoisotopic (exact) mass is 1880 g/mol. The number of para-hydroxylation sites is 4. The number of nitrogens with zero attached hydrogens (tertiary/aromatic N) is 15. The van der Waals surface area contributed by atoms with Gasteiger partial charge in [0.1, 0.15) is 22.9 Å². The van der Waals surface area contributed by atoms with Crippen LogP contribution in [0.4, 0.5) is 81.3 Å². The summed E-state index contributed by atoms with van der Waals surface area (Å²) in [6.45, 7) is 16.7. The van der Waals surface area contributed by atoms with E-state index in [0.29, 0.717) is 107 Å². The van der Waals surface area contributed by atoms with Gasteiger partial charge in [-0.1, -0.05) is 109 Å². The highest BCUT2D eigenvalue weighted by Crippen LogP contribution is 2.43. The van der Waals surface area contributed by atoms with E-state index in [0.717, 1.165) is 40.6 Å². The van der Waals surface area contributed by atoms with E-state index in [1.54, 1.807) is 237 Å². The smallest absolute Gasteiger partial charge is 0.384 e. The molecule has 137 heavy (non-hydrogen) atoms. The molecule has 0 aliphatic heterocycles. The normalized spacial score (nSPS) is 12.7. The SMILES string of the molecule is C[C@H](Nc1ccnc2cccnc12)c1cc2cccc(C(F)(F)F)c2c(=O)n1-c1ccccc1.C[C@H](Nc1ncnc2cccnc12)c1cc2scc(C(F)(F)F)c2c(=O)n1-c1ccccc1.Cc1cn2nccc(N[C@@H](C)c3cc4cccc(C(F)(F)F)c4c(=O)n3-c3ccccc3)c2n1.[C-]#[N+]c1cnc2cccnc2c1N[C@@H](C)c1cc2cccc(C(F)(F)F)c2c(=O)n1-c1ccccc1. The van der Waals surface area contributed by atoms with Gasteiger partial charge in [0.05, 0.1) is 126 Å². The van der Waals surface area contributed by atoms with E-state index < -0.39 is 98.7 Å². The largest absolute Gasteiger partial charge is 0.418 e. The third kappa shape index (κ3) is 18.6. The maximum absolute atomic E-state index is 13.8. The summed E-state index contributed by atoms with van der Waals surface area (Å²) in [7, 11) is 0. The molecule has 0 radical (unpaired) electrons. The molecule has 4 N–H and O–H groups in total. The molecule has 36 heteroatoms. The van der Waals surface area contributed by atoms with Crippen LogP contribution in [0.1, 0.15) is 103 Å². The van der Waals surface area contributed by atoms with Crippen molar-refractivity contribution in [3.05, 3.63) is 407 Å². The fraction of sp³-hybridized carbons (Fsp3) is 0.129. The Hall–Kier alpha value is -16.8. The molecule has 0 fully saturated rings. The number of alkyl halides is 12. The zero-order valence-corrected chi connectivity index (χ0v) is 73.3. The maximum Gasteiger partial charge on any atom is 0.418 e. The van der Waals surface area contributed by atoms with Gasteiger partial charge in [-0.05, 0) is 190 Å². The van der Waals surface area contributed by atoms with Crippen LogP contribution in [-0.4, -0.2) is 67.8 Å². The molecular formula is C101H73F12N19O4S. The number of pyridine rings is 9. The van der Waals surface area contributed by atoms with Crippen molar-refractivity contribution in [2.45, 2.75) is 83.5 Å². The van der Waals surface area contributed by atoms with Gasteiger partial charge >= 0.3 is 24.7 Å². The Kier molecular flexibility index (Phi) is 25.3. The van der Waals surface area contributed by atoms with Crippen LogP contribution < -0.4 is 43.5 Å². The number of thiophene rings is 1. The number of aromatic nitrogens is 14. The van der Waals surface area contributed by atoms with Gasteiger partial charge in [-0.3, -0.25) is 62.4 Å². The Morgan fingerprint density at radius 2 is 0.766 bits per heavy atom. The second-order valence-electron chi connectivity index (χ2n) is 31.6. The van der Waals surface area contributed by atoms with E-state index in [9.17, 15) is 71.9 Å². The van der Waals surface area contributed by atoms with Gasteiger partial charge in [-0.25, -0.2) is 24.3 Å². The number of aryl methyl sites for hydroxylation is 1. The zero-order chi connectivity index (χ0) is 96.5. The highest BCUT2D eigenvalue weighted by molar-refractivity contribution is 7.17. The third-order valence-electron chi connectivity index (χ3n) is 22.6. The number of benzene rings is 7. The van der Waals surface area contributed by atoms with Gasteiger partial charge in [-0.15, -0.1) is 11.3 Å². The second kappa shape index (κ2) is 37.7. The van der Waals surface area contributed by atoms with Crippen LogP contribution in [0.3, 0.4) is 0 Å². The molecule has 0 aliphatic rings. The first-order valence-corrected chi connectivity index (χ1v) is 43.1. The first-order chi connectivity index (χ1) is 65.7. The lowest BCUT2D eigenvalue weighted by Crippen LogP contribution is -2.27. The van der Waals surface area contributed by atoms with Crippen molar-refractivity contribution < 1.29 is 52.7 Å². The quantitative estimate of drug-likeness (QED) is 0.0517. The molecule has 7 aromatic carbocycles. The Morgan fingerprint density at radius 3 is 1.22 bits per heavy atom. The van der Waals surface area contributed by atoms with Crippen LogP contribution in [0.2, 0.25) is 0 Å². The summed E-state index contributed by atoms with van der Waals surface area (Å²) in [5.74, 6) is 0.461. The van der Waals surface area contributed by atoms with E-state index in [1.165, 1.54) is 67.2 Å². The van der Waals surface area contributed by atoms with Crippen molar-refractivity contribution >= 4 is 121 Å². The Bertz CT molecular complexity index is 8290. The van der Waals surface area contributed by atoms with Gasteiger partial charge < -0.3 is 21.3 Å². The van der Waals surface area contributed by atoms with Crippen molar-refractivity contribution in [3.63, 3.8) is 0 Å². The summed E-state index contributed by atoms with van der Waals surface area (Å²) >= 11 is 0.900. The molecule has 0 spiro atoms. The van der Waals surface area contributed by atoms with Gasteiger partial charge in [0.2, 0.25) is 5.69 Å². The minimum Gasteiger partial charge on any atom is -0.384 e. The summed E-state index contributed by atoms with van der Waals surface area (Å²) in [5.41, 5.74) is 4.13. The lowest BCUT2D eigenvalue weighted by Gasteiger charge is -2.23. The number of anilines is 4. The van der Waals surface area contributed by atoms with Crippen LogP contribution in [-0.2, 0) is 24.7 Å². The number of rotatable bonds is 16. The molecule has 0 amide bonds. The van der Waals surface area contributed by atoms with E-state index in [2.05, 4.69) is 71.1 Å². The van der Waals surface area contributed by atoms with Crippen molar-refractivity contribution in [2.75, 3.05) is 21.3 Å². The number of hydrogen-bond donors (Lipinski definition) is 4. The zero-order valence-electron chi connectivity index (χ0n) is 72.5. The number of fused-ring (bicyclic) bond motifs is 8. The summed E-state index contributed by atoms with van der Waals surface area (Å²) in [5, 5.41) is 17.7. The van der Waals surface area contributed by atoms with Crippen molar-refractivity contribution in [1.82, 2.24) is 67.8 Å². The van der Waals surface area contributed by atoms with Crippen LogP contribution in [0.15, 0.2) is 323 Å². The number of halogens is 12. The molecule has 23 nitrogen and oxygen atoms in total. The molecule has 0 saturated carbocycles. The minimum atomic E-state index is -4.69. The molecule has 13 heterocycles. The Labute approximate surface area is 772 Å². The molecule has 0 bridgehead atoms. The predicted octanol–water partition coefficient (Wildman–Crippen LogP) is 23.9. The fourth-order valence-electron chi connectivity index (χ4n) is 16.5. The molecule has 0 unspecified atom stereocenters. The van der Waals surface area contributed by atoms with Gasteiger partial charge in [0.25, 0.3) is 22.2 Å². The minimum absolute atomic E-state index is 0.175. The number of hydrogen-bond acceptors (Lipinski definition) is 18. The molecule has 4 atom stereocenters. The standard InChI is InChI=1S/C27H18F3N5O.C26H19F3N4O.C25H20F3N5O.C23H16F3N5OS/c1-16(34-25-21(31-2)15-33-20-12-7-13-32-24(20)25)22-14-17-8-6-11-19(27(28,29)30)23(17)26(36)35(22)18-9-4-3-5-10-18;1-16(32-21-12-14-30-20-11-6-13-31-24(20)21)22-15-17-7-5-10-19(26(27,28)29)23(17)25(34)33(22)18-8-3-2-4-9-18;1-15-14-32-23(30-15)20(11-12-29-32)31-16(2)21-13-17-7-6-10-19(25(26,27)28)22(17)24(34)33(21)18-8-4-3-5-9-18;1-13(30-21-20-16(28-12-29-21)8-5-9-27-20)17-10-18-19(15(11-33-18)23(24,25)26)22(32)31(17)14-6-3-2-4-7-14/h3-16H,1H3,(H,33,34);2-16H,1H3,(H,30,32);3-14,16,31H,1-2H3;2-13H,1H3,(H,28,29,30)/t3*16-;13-/m0000/s1. The average Bonchev–Trinajstić information content (AvgIpc) is 1.57. The molecule has 20 rings (SSSR count). The predicted molar refractivity (Wildman–Crippen MR) is 505 cm³/mol. The molecule has 0 saturated heterocycles. The molecule has 20 aromatic rings. The number of nitrogens with one attached hydrogen (secondary N) is 4. The van der Waals surface area contributed by atoms with Gasteiger partial charge in [0, 0.05) is 86.6 Å². The summed E-state index contributed by atoms with van der Waals surface area (Å²) < 4.78 is 172.